The van der Waals surface area contributed by atoms with Gasteiger partial charge in [-0.3, -0.25) is 10.1 Å². The number of anilines is 1. The molecule has 0 aliphatic carbocycles. The monoisotopic (exact) mass is 326 g/mol. The summed E-state index contributed by atoms with van der Waals surface area (Å²) in [5.74, 6) is 0.592. The van der Waals surface area contributed by atoms with Crippen LogP contribution >= 0.6 is 0 Å². The van der Waals surface area contributed by atoms with E-state index in [-0.39, 0.29) is 5.69 Å². The smallest absolute Gasteiger partial charge is 0.336 e. The predicted molar refractivity (Wildman–Crippen MR) is 89.5 cm³/mol. The van der Waals surface area contributed by atoms with Gasteiger partial charge < -0.3 is 14.5 Å². The quantitative estimate of drug-likeness (QED) is 0.439. The van der Waals surface area contributed by atoms with Crippen LogP contribution in [0, 0.1) is 10.1 Å². The van der Waals surface area contributed by atoms with Crippen LogP contribution in [0.2, 0.25) is 0 Å². The molecule has 0 spiro atoms. The number of nitro benzene ring substituents is 1. The number of non-ortho nitro benzene ring substituents is 1. The number of fused-ring (bicyclic) bond motifs is 1. The second-order valence-electron chi connectivity index (χ2n) is 5.11. The Morgan fingerprint density at radius 1 is 1.21 bits per heavy atom. The van der Waals surface area contributed by atoms with Gasteiger partial charge in [0.1, 0.15) is 11.3 Å². The third kappa shape index (κ3) is 3.19. The molecular formula is C17H14N2O5. The van der Waals surface area contributed by atoms with Crippen molar-refractivity contribution in [2.45, 2.75) is 6.54 Å². The zero-order valence-electron chi connectivity index (χ0n) is 12.8. The van der Waals surface area contributed by atoms with Crippen LogP contribution in [0.3, 0.4) is 0 Å². The highest BCUT2D eigenvalue weighted by Gasteiger charge is 2.09. The van der Waals surface area contributed by atoms with Gasteiger partial charge in [-0.15, -0.1) is 0 Å². The van der Waals surface area contributed by atoms with E-state index in [1.807, 2.05) is 6.07 Å². The minimum absolute atomic E-state index is 0.00201. The number of ether oxygens (including phenoxy) is 1. The third-order valence-electron chi connectivity index (χ3n) is 3.58. The second-order valence-corrected chi connectivity index (χ2v) is 5.11. The summed E-state index contributed by atoms with van der Waals surface area (Å²) in [6.07, 6.45) is 0. The van der Waals surface area contributed by atoms with E-state index in [0.717, 1.165) is 10.9 Å². The molecular weight excluding hydrogens is 312 g/mol. The lowest BCUT2D eigenvalue weighted by atomic mass is 10.1. The highest BCUT2D eigenvalue weighted by molar-refractivity contribution is 5.81. The van der Waals surface area contributed by atoms with Crippen LogP contribution < -0.4 is 15.7 Å². The highest BCUT2D eigenvalue weighted by Crippen LogP contribution is 2.24. The summed E-state index contributed by atoms with van der Waals surface area (Å²) in [5, 5.41) is 14.7. The van der Waals surface area contributed by atoms with Gasteiger partial charge in [-0.05, 0) is 23.8 Å². The van der Waals surface area contributed by atoms with Gasteiger partial charge in [-0.2, -0.15) is 0 Å². The maximum Gasteiger partial charge on any atom is 0.336 e. The molecule has 0 unspecified atom stereocenters. The fourth-order valence-corrected chi connectivity index (χ4v) is 2.41. The van der Waals surface area contributed by atoms with Crippen molar-refractivity contribution in [1.29, 1.82) is 0 Å². The van der Waals surface area contributed by atoms with E-state index in [1.165, 1.54) is 25.3 Å². The molecule has 0 amide bonds. The number of methoxy groups -OCH3 is 1. The zero-order chi connectivity index (χ0) is 17.1. The van der Waals surface area contributed by atoms with Crippen molar-refractivity contribution >= 4 is 22.3 Å². The van der Waals surface area contributed by atoms with Crippen molar-refractivity contribution in [2.24, 2.45) is 0 Å². The first kappa shape index (κ1) is 15.5. The van der Waals surface area contributed by atoms with Gasteiger partial charge in [0, 0.05) is 41.9 Å². The van der Waals surface area contributed by atoms with Gasteiger partial charge in [0.2, 0.25) is 0 Å². The number of nitrogens with zero attached hydrogens (tertiary/aromatic N) is 1. The first-order valence-corrected chi connectivity index (χ1v) is 7.16. The van der Waals surface area contributed by atoms with Crippen molar-refractivity contribution in [2.75, 3.05) is 12.4 Å². The predicted octanol–water partition coefficient (Wildman–Crippen LogP) is 3.32. The summed E-state index contributed by atoms with van der Waals surface area (Å²) in [6, 6.07) is 12.8. The highest BCUT2D eigenvalue weighted by atomic mass is 16.6. The Labute approximate surface area is 136 Å². The lowest BCUT2D eigenvalue weighted by Gasteiger charge is -2.09. The molecule has 24 heavy (non-hydrogen) atoms. The van der Waals surface area contributed by atoms with Crippen molar-refractivity contribution in [3.63, 3.8) is 0 Å². The molecule has 7 nitrogen and oxygen atoms in total. The van der Waals surface area contributed by atoms with E-state index >= 15 is 0 Å². The van der Waals surface area contributed by atoms with E-state index in [9.17, 15) is 14.9 Å². The summed E-state index contributed by atoms with van der Waals surface area (Å²) in [7, 11) is 1.53. The molecule has 0 aliphatic rings. The van der Waals surface area contributed by atoms with Crippen molar-refractivity contribution in [1.82, 2.24) is 0 Å². The van der Waals surface area contributed by atoms with E-state index in [1.54, 1.807) is 24.3 Å². The summed E-state index contributed by atoms with van der Waals surface area (Å²) in [4.78, 5) is 22.1. The number of rotatable bonds is 5. The van der Waals surface area contributed by atoms with Crippen LogP contribution in [0.1, 0.15) is 5.56 Å². The van der Waals surface area contributed by atoms with Gasteiger partial charge in [-0.1, -0.05) is 6.07 Å². The van der Waals surface area contributed by atoms with Crippen LogP contribution in [-0.4, -0.2) is 12.0 Å². The van der Waals surface area contributed by atoms with Crippen molar-refractivity contribution in [3.05, 3.63) is 74.6 Å². The Morgan fingerprint density at radius 2 is 2.04 bits per heavy atom. The molecule has 0 fully saturated rings. The van der Waals surface area contributed by atoms with Crippen LogP contribution in [-0.2, 0) is 6.54 Å². The average Bonchev–Trinajstić information content (AvgIpc) is 2.59. The normalized spacial score (nSPS) is 10.5. The molecule has 7 heteroatoms. The minimum Gasteiger partial charge on any atom is -0.497 e. The molecule has 0 saturated carbocycles. The van der Waals surface area contributed by atoms with Crippen molar-refractivity contribution in [3.8, 4) is 5.75 Å². The lowest BCUT2D eigenvalue weighted by Crippen LogP contribution is -2.06. The van der Waals surface area contributed by atoms with Crippen LogP contribution in [0.15, 0.2) is 57.7 Å². The van der Waals surface area contributed by atoms with Gasteiger partial charge >= 0.3 is 5.63 Å². The Balaban J connectivity index is 1.91. The van der Waals surface area contributed by atoms with Crippen LogP contribution in [0.4, 0.5) is 11.4 Å². The van der Waals surface area contributed by atoms with Crippen LogP contribution in [0.5, 0.6) is 5.75 Å². The van der Waals surface area contributed by atoms with E-state index in [2.05, 4.69) is 5.32 Å². The van der Waals surface area contributed by atoms with E-state index in [0.29, 0.717) is 23.6 Å². The largest absolute Gasteiger partial charge is 0.497 e. The molecule has 0 bridgehead atoms. The van der Waals surface area contributed by atoms with E-state index < -0.39 is 10.5 Å². The Morgan fingerprint density at radius 3 is 2.79 bits per heavy atom. The average molecular weight is 326 g/mol. The summed E-state index contributed by atoms with van der Waals surface area (Å²) in [5.41, 5.74) is 1.29. The van der Waals surface area contributed by atoms with E-state index in [4.69, 9.17) is 9.15 Å². The maximum atomic E-state index is 11.7. The number of nitro groups is 1. The molecule has 1 aromatic heterocycles. The zero-order valence-corrected chi connectivity index (χ0v) is 12.8. The molecule has 0 atom stereocenters. The van der Waals surface area contributed by atoms with Gasteiger partial charge in [0.05, 0.1) is 12.0 Å². The molecule has 0 aliphatic heterocycles. The van der Waals surface area contributed by atoms with Gasteiger partial charge in [-0.25, -0.2) is 4.79 Å². The third-order valence-corrected chi connectivity index (χ3v) is 3.58. The number of hydrogen-bond donors (Lipinski definition) is 1. The molecule has 2 aromatic carbocycles. The summed E-state index contributed by atoms with van der Waals surface area (Å²) < 4.78 is 10.3. The Hall–Kier alpha value is -3.35. The minimum atomic E-state index is -0.466. The molecule has 3 rings (SSSR count). The fourth-order valence-electron chi connectivity index (χ4n) is 2.41. The van der Waals surface area contributed by atoms with Gasteiger partial charge in [0.25, 0.3) is 5.69 Å². The number of nitrogens with one attached hydrogen (secondary N) is 1. The second kappa shape index (κ2) is 6.41. The molecule has 0 radical (unpaired) electrons. The first-order chi connectivity index (χ1) is 11.6. The maximum absolute atomic E-state index is 11.7. The fraction of sp³-hybridized carbons (Fsp3) is 0.118. The Bertz CT molecular complexity index is 965. The first-order valence-electron chi connectivity index (χ1n) is 7.16. The molecule has 0 saturated heterocycles. The molecule has 3 aromatic rings. The molecule has 1 N–H and O–H groups in total. The van der Waals surface area contributed by atoms with Crippen molar-refractivity contribution < 1.29 is 14.1 Å². The topological polar surface area (TPSA) is 94.6 Å². The Kier molecular flexibility index (Phi) is 4.15. The SMILES string of the molecule is COc1ccc2c(CNc3cccc([N+](=O)[O-])c3)cc(=O)oc2c1. The molecule has 122 valence electrons. The molecule has 1 heterocycles. The standard InChI is InChI=1S/C17H14N2O5/c1-23-14-5-6-15-11(7-17(20)24-16(15)9-14)10-18-12-3-2-4-13(8-12)19(21)22/h2-9,18H,10H2,1H3. The van der Waals surface area contributed by atoms with Crippen LogP contribution in [0.25, 0.3) is 11.0 Å². The summed E-state index contributed by atoms with van der Waals surface area (Å²) >= 11 is 0. The lowest BCUT2D eigenvalue weighted by molar-refractivity contribution is -0.384. The van der Waals surface area contributed by atoms with Gasteiger partial charge in [0.15, 0.2) is 0 Å². The summed E-state index contributed by atoms with van der Waals surface area (Å²) in [6.45, 7) is 0.329. The number of benzene rings is 2. The number of hydrogen-bond acceptors (Lipinski definition) is 6.